The van der Waals surface area contributed by atoms with Crippen molar-refractivity contribution in [3.8, 4) is 0 Å². The molecule has 1 atom stereocenters. The molecular weight excluding hydrogens is 450 g/mol. The number of ether oxygens (including phenoxy) is 1. The van der Waals surface area contributed by atoms with E-state index in [-0.39, 0.29) is 12.2 Å². The Bertz CT molecular complexity index is 1210. The van der Waals surface area contributed by atoms with E-state index in [0.717, 1.165) is 11.1 Å². The van der Waals surface area contributed by atoms with Crippen LogP contribution in [-0.4, -0.2) is 29.9 Å². The van der Waals surface area contributed by atoms with Crippen molar-refractivity contribution in [2.75, 3.05) is 12.0 Å². The van der Waals surface area contributed by atoms with Crippen molar-refractivity contribution in [3.05, 3.63) is 80.2 Å². The van der Waals surface area contributed by atoms with Gasteiger partial charge in [-0.15, -0.1) is 0 Å². The number of amides is 1. The quantitative estimate of drug-likeness (QED) is 0.378. The minimum Gasteiger partial charge on any atom is -0.459 e. The number of hydrogen-bond donors (Lipinski definition) is 1. The molecule has 32 heavy (non-hydrogen) atoms. The monoisotopic (exact) mass is 473 g/mol. The van der Waals surface area contributed by atoms with Crippen molar-refractivity contribution < 1.29 is 18.7 Å². The first-order valence-corrected chi connectivity index (χ1v) is 11.8. The van der Waals surface area contributed by atoms with Crippen molar-refractivity contribution in [2.45, 2.75) is 32.9 Å². The lowest BCUT2D eigenvalue weighted by atomic mass is 10.0. The number of nitrogens with one attached hydrogen (secondary N) is 1. The van der Waals surface area contributed by atoms with E-state index in [1.54, 1.807) is 42.1 Å². The second-order valence-corrected chi connectivity index (χ2v) is 8.81. The predicted molar refractivity (Wildman–Crippen MR) is 127 cm³/mol. The molecule has 0 aliphatic rings. The van der Waals surface area contributed by atoms with Crippen LogP contribution in [0.2, 0.25) is 5.02 Å². The number of carbonyl (C=O) groups excluding carboxylic acids is 2. The van der Waals surface area contributed by atoms with Crippen LogP contribution in [0.15, 0.2) is 51.7 Å². The number of benzene rings is 2. The highest BCUT2D eigenvalue weighted by Crippen LogP contribution is 2.22. The fraction of sp³-hybridized carbons (Fsp3) is 0.292. The summed E-state index contributed by atoms with van der Waals surface area (Å²) in [5, 5.41) is 3.73. The molecule has 3 rings (SSSR count). The Balaban J connectivity index is 1.78. The van der Waals surface area contributed by atoms with E-state index in [9.17, 15) is 14.4 Å². The van der Waals surface area contributed by atoms with Crippen LogP contribution < -0.4 is 10.9 Å². The van der Waals surface area contributed by atoms with Crippen molar-refractivity contribution in [3.63, 3.8) is 0 Å². The molecule has 0 radical (unpaired) electrons. The van der Waals surface area contributed by atoms with E-state index in [1.165, 1.54) is 6.07 Å². The van der Waals surface area contributed by atoms with Gasteiger partial charge in [0.05, 0.1) is 10.6 Å². The molecule has 3 aromatic rings. The van der Waals surface area contributed by atoms with E-state index in [0.29, 0.717) is 33.7 Å². The Morgan fingerprint density at radius 3 is 2.59 bits per heavy atom. The number of esters is 1. The van der Waals surface area contributed by atoms with Crippen LogP contribution >= 0.6 is 23.4 Å². The van der Waals surface area contributed by atoms with Gasteiger partial charge in [0.2, 0.25) is 0 Å². The van der Waals surface area contributed by atoms with Crippen LogP contribution in [0.3, 0.4) is 0 Å². The summed E-state index contributed by atoms with van der Waals surface area (Å²) in [5.74, 6) is -0.376. The molecule has 8 heteroatoms. The molecular formula is C24H24ClNO5S. The summed E-state index contributed by atoms with van der Waals surface area (Å²) in [4.78, 5) is 37.5. The molecule has 168 valence electrons. The first kappa shape index (κ1) is 23.9. The van der Waals surface area contributed by atoms with E-state index in [4.69, 9.17) is 20.8 Å². The van der Waals surface area contributed by atoms with Gasteiger partial charge in [0.1, 0.15) is 18.2 Å². The number of aryl methyl sites for hydroxylation is 2. The van der Waals surface area contributed by atoms with Gasteiger partial charge in [0.25, 0.3) is 5.91 Å². The minimum absolute atomic E-state index is 0.110. The lowest BCUT2D eigenvalue weighted by Gasteiger charge is -2.18. The summed E-state index contributed by atoms with van der Waals surface area (Å²) in [5.41, 5.74) is 2.79. The second-order valence-electron chi connectivity index (χ2n) is 7.42. The van der Waals surface area contributed by atoms with Gasteiger partial charge in [0, 0.05) is 17.0 Å². The third-order valence-electron chi connectivity index (χ3n) is 5.13. The fourth-order valence-corrected chi connectivity index (χ4v) is 3.91. The van der Waals surface area contributed by atoms with Gasteiger partial charge >= 0.3 is 11.6 Å². The minimum atomic E-state index is -0.846. The van der Waals surface area contributed by atoms with Gasteiger partial charge in [-0.05, 0) is 67.7 Å². The standard InChI is InChI=1S/C24H24ClNO5S/c1-14-10-18-16(12-22(27)31-21(18)11-15(14)2)13-30-24(29)20(8-9-32-3)26-23(28)17-6-4-5-7-19(17)25/h4-7,10-12,20H,8-9,13H2,1-3H3,(H,26,28). The number of hydrogen-bond acceptors (Lipinski definition) is 6. The highest BCUT2D eigenvalue weighted by molar-refractivity contribution is 7.98. The van der Waals surface area contributed by atoms with Crippen molar-refractivity contribution in [2.24, 2.45) is 0 Å². The molecule has 1 unspecified atom stereocenters. The predicted octanol–water partition coefficient (Wildman–Crippen LogP) is 4.66. The number of carbonyl (C=O) groups is 2. The molecule has 0 aliphatic carbocycles. The second kappa shape index (κ2) is 10.7. The molecule has 0 fully saturated rings. The van der Waals surface area contributed by atoms with E-state index >= 15 is 0 Å². The van der Waals surface area contributed by atoms with Gasteiger partial charge in [-0.25, -0.2) is 9.59 Å². The summed E-state index contributed by atoms with van der Waals surface area (Å²) in [6, 6.07) is 10.8. The Kier molecular flexibility index (Phi) is 7.99. The molecule has 1 N–H and O–H groups in total. The molecule has 6 nitrogen and oxygen atoms in total. The molecule has 0 saturated carbocycles. The molecule has 0 aliphatic heterocycles. The van der Waals surface area contributed by atoms with Gasteiger partial charge < -0.3 is 14.5 Å². The largest absolute Gasteiger partial charge is 0.459 e. The Morgan fingerprint density at radius 2 is 1.88 bits per heavy atom. The first-order chi connectivity index (χ1) is 15.3. The smallest absolute Gasteiger partial charge is 0.336 e. The van der Waals surface area contributed by atoms with E-state index in [1.807, 2.05) is 26.2 Å². The third-order valence-corrected chi connectivity index (χ3v) is 6.11. The average Bonchev–Trinajstić information content (AvgIpc) is 2.76. The van der Waals surface area contributed by atoms with Crippen LogP contribution in [0.5, 0.6) is 0 Å². The normalized spacial score (nSPS) is 11.9. The van der Waals surface area contributed by atoms with Crippen molar-refractivity contribution in [1.82, 2.24) is 5.32 Å². The molecule has 2 aromatic carbocycles. The summed E-state index contributed by atoms with van der Waals surface area (Å²) < 4.78 is 10.8. The summed E-state index contributed by atoms with van der Waals surface area (Å²) in [7, 11) is 0. The number of fused-ring (bicyclic) bond motifs is 1. The zero-order valence-electron chi connectivity index (χ0n) is 18.1. The molecule has 1 amide bonds. The summed E-state index contributed by atoms with van der Waals surface area (Å²) in [6.45, 7) is 3.78. The van der Waals surface area contributed by atoms with Gasteiger partial charge in [-0.1, -0.05) is 23.7 Å². The molecule has 1 heterocycles. The zero-order valence-corrected chi connectivity index (χ0v) is 19.6. The van der Waals surface area contributed by atoms with Crippen LogP contribution in [0.1, 0.15) is 33.5 Å². The maximum Gasteiger partial charge on any atom is 0.336 e. The number of thioether (sulfide) groups is 1. The topological polar surface area (TPSA) is 85.6 Å². The van der Waals surface area contributed by atoms with Crippen LogP contribution in [0, 0.1) is 13.8 Å². The van der Waals surface area contributed by atoms with Gasteiger partial charge in [-0.2, -0.15) is 11.8 Å². The SMILES string of the molecule is CSCCC(NC(=O)c1ccccc1Cl)C(=O)OCc1cc(=O)oc2cc(C)c(C)cc12. The Hall–Kier alpha value is -2.77. The first-order valence-electron chi connectivity index (χ1n) is 10.0. The van der Waals surface area contributed by atoms with E-state index in [2.05, 4.69) is 5.32 Å². The molecule has 0 saturated heterocycles. The molecule has 0 bridgehead atoms. The highest BCUT2D eigenvalue weighted by Gasteiger charge is 2.24. The van der Waals surface area contributed by atoms with Crippen LogP contribution in [0.4, 0.5) is 0 Å². The number of rotatable bonds is 8. The third kappa shape index (κ3) is 5.72. The van der Waals surface area contributed by atoms with Gasteiger partial charge in [-0.3, -0.25) is 4.79 Å². The lowest BCUT2D eigenvalue weighted by Crippen LogP contribution is -2.42. The molecule has 0 spiro atoms. The van der Waals surface area contributed by atoms with Crippen LogP contribution in [-0.2, 0) is 16.1 Å². The Morgan fingerprint density at radius 1 is 1.16 bits per heavy atom. The Labute approximate surface area is 195 Å². The highest BCUT2D eigenvalue weighted by atomic mass is 35.5. The molecule has 1 aromatic heterocycles. The summed E-state index contributed by atoms with van der Waals surface area (Å²) >= 11 is 7.66. The van der Waals surface area contributed by atoms with E-state index < -0.39 is 23.5 Å². The fourth-order valence-electron chi connectivity index (χ4n) is 3.22. The average molecular weight is 474 g/mol. The number of halogens is 1. The lowest BCUT2D eigenvalue weighted by molar-refractivity contribution is -0.147. The van der Waals surface area contributed by atoms with Gasteiger partial charge in [0.15, 0.2) is 0 Å². The maximum atomic E-state index is 12.8. The maximum absolute atomic E-state index is 12.8. The van der Waals surface area contributed by atoms with Crippen molar-refractivity contribution >= 4 is 46.2 Å². The summed E-state index contributed by atoms with van der Waals surface area (Å²) in [6.07, 6.45) is 2.31. The van der Waals surface area contributed by atoms with Crippen molar-refractivity contribution in [1.29, 1.82) is 0 Å². The van der Waals surface area contributed by atoms with Crippen LogP contribution in [0.25, 0.3) is 11.0 Å². The zero-order chi connectivity index (χ0) is 23.3.